The van der Waals surface area contributed by atoms with Gasteiger partial charge in [-0.1, -0.05) is 0 Å². The molecule has 96 valence electrons. The minimum absolute atomic E-state index is 0.189. The second kappa shape index (κ2) is 3.05. The number of carbonyl (C=O) groups excluding carboxylic acids is 2. The van der Waals surface area contributed by atoms with Gasteiger partial charge in [0.15, 0.2) is 0 Å². The fourth-order valence-electron chi connectivity index (χ4n) is 5.30. The number of hydrogen-bond acceptors (Lipinski definition) is 3. The Balaban J connectivity index is 1.76. The molecule has 2 unspecified atom stereocenters. The first-order valence-corrected chi connectivity index (χ1v) is 6.78. The van der Waals surface area contributed by atoms with E-state index >= 15 is 0 Å². The molecule has 1 heterocycles. The van der Waals surface area contributed by atoms with Crippen molar-refractivity contribution in [2.45, 2.75) is 49.7 Å². The molecule has 4 fully saturated rings. The summed E-state index contributed by atoms with van der Waals surface area (Å²) in [5.41, 5.74) is -1.02. The summed E-state index contributed by atoms with van der Waals surface area (Å²) in [6, 6.07) is 0. The van der Waals surface area contributed by atoms with Crippen molar-refractivity contribution in [3.63, 3.8) is 0 Å². The fraction of sp³-hybridized carbons (Fsp3) is 0.714. The lowest BCUT2D eigenvalue weighted by Crippen LogP contribution is -2.66. The van der Waals surface area contributed by atoms with E-state index in [2.05, 4.69) is 0 Å². The number of imide groups is 1. The van der Waals surface area contributed by atoms with Gasteiger partial charge in [0.1, 0.15) is 0 Å². The second-order valence-electron chi connectivity index (χ2n) is 6.75. The Morgan fingerprint density at radius 3 is 2.11 bits per heavy atom. The lowest BCUT2D eigenvalue weighted by Gasteiger charge is -2.62. The number of amides is 2. The van der Waals surface area contributed by atoms with Gasteiger partial charge in [-0.05, 0) is 50.4 Å². The van der Waals surface area contributed by atoms with Crippen molar-refractivity contribution >= 4 is 11.8 Å². The first-order chi connectivity index (χ1) is 8.50. The summed E-state index contributed by atoms with van der Waals surface area (Å²) in [6.45, 7) is 0. The lowest BCUT2D eigenvalue weighted by atomic mass is 9.50. The van der Waals surface area contributed by atoms with E-state index in [-0.39, 0.29) is 11.8 Å². The average molecular weight is 247 g/mol. The van der Waals surface area contributed by atoms with Gasteiger partial charge in [-0.15, -0.1) is 0 Å². The third-order valence-electron chi connectivity index (χ3n) is 5.28. The lowest BCUT2D eigenvalue weighted by molar-refractivity contribution is -0.182. The SMILES string of the molecule is O=C1C=CC(=O)N1C12CC3CC(CC(O)(C3)C1)C2. The Labute approximate surface area is 106 Å². The molecule has 4 saturated carbocycles. The third kappa shape index (κ3) is 1.24. The van der Waals surface area contributed by atoms with Crippen LogP contribution in [0.5, 0.6) is 0 Å². The van der Waals surface area contributed by atoms with Gasteiger partial charge in [0.2, 0.25) is 0 Å². The third-order valence-corrected chi connectivity index (χ3v) is 5.28. The molecular weight excluding hydrogens is 230 g/mol. The second-order valence-corrected chi connectivity index (χ2v) is 6.75. The van der Waals surface area contributed by atoms with Crippen LogP contribution >= 0.6 is 0 Å². The molecule has 0 aromatic heterocycles. The number of aliphatic hydroxyl groups is 1. The summed E-state index contributed by atoms with van der Waals surface area (Å²) < 4.78 is 0. The number of rotatable bonds is 1. The number of carbonyl (C=O) groups is 2. The zero-order valence-corrected chi connectivity index (χ0v) is 10.3. The summed E-state index contributed by atoms with van der Waals surface area (Å²) in [7, 11) is 0. The van der Waals surface area contributed by atoms with Gasteiger partial charge in [-0.25, -0.2) is 0 Å². The molecule has 4 heteroatoms. The Kier molecular flexibility index (Phi) is 1.82. The maximum atomic E-state index is 11.9. The topological polar surface area (TPSA) is 57.6 Å². The fourth-order valence-corrected chi connectivity index (χ4v) is 5.30. The molecule has 0 radical (unpaired) electrons. The maximum Gasteiger partial charge on any atom is 0.254 e. The van der Waals surface area contributed by atoms with Crippen LogP contribution in [0.2, 0.25) is 0 Å². The highest BCUT2D eigenvalue weighted by atomic mass is 16.3. The minimum atomic E-state index is -0.632. The van der Waals surface area contributed by atoms with E-state index in [1.165, 1.54) is 17.1 Å². The zero-order chi connectivity index (χ0) is 12.5. The maximum absolute atomic E-state index is 11.9. The van der Waals surface area contributed by atoms with E-state index in [1.54, 1.807) is 0 Å². The molecule has 1 aliphatic heterocycles. The van der Waals surface area contributed by atoms with Crippen LogP contribution in [0.3, 0.4) is 0 Å². The highest BCUT2D eigenvalue weighted by Crippen LogP contribution is 2.59. The normalized spacial score (nSPS) is 49.5. The first-order valence-electron chi connectivity index (χ1n) is 6.78. The molecule has 2 atom stereocenters. The van der Waals surface area contributed by atoms with Crippen LogP contribution in [-0.2, 0) is 9.59 Å². The molecule has 4 aliphatic carbocycles. The van der Waals surface area contributed by atoms with Crippen molar-refractivity contribution in [3.05, 3.63) is 12.2 Å². The quantitative estimate of drug-likeness (QED) is 0.703. The number of hydrogen-bond donors (Lipinski definition) is 1. The van der Waals surface area contributed by atoms with E-state index in [4.69, 9.17) is 0 Å². The number of nitrogens with zero attached hydrogens (tertiary/aromatic N) is 1. The van der Waals surface area contributed by atoms with Gasteiger partial charge in [0.05, 0.1) is 11.1 Å². The molecule has 4 bridgehead atoms. The van der Waals surface area contributed by atoms with E-state index in [9.17, 15) is 14.7 Å². The summed E-state index contributed by atoms with van der Waals surface area (Å²) in [5.74, 6) is 0.589. The Hall–Kier alpha value is -1.16. The molecule has 5 rings (SSSR count). The van der Waals surface area contributed by atoms with Crippen LogP contribution < -0.4 is 0 Å². The van der Waals surface area contributed by atoms with Crippen molar-refractivity contribution in [2.75, 3.05) is 0 Å². The average Bonchev–Trinajstić information content (AvgIpc) is 2.54. The molecule has 1 N–H and O–H groups in total. The van der Waals surface area contributed by atoms with Crippen molar-refractivity contribution in [3.8, 4) is 0 Å². The van der Waals surface area contributed by atoms with Crippen molar-refractivity contribution in [1.82, 2.24) is 4.90 Å². The minimum Gasteiger partial charge on any atom is -0.390 e. The van der Waals surface area contributed by atoms with Crippen molar-refractivity contribution in [2.24, 2.45) is 11.8 Å². The van der Waals surface area contributed by atoms with Gasteiger partial charge in [-0.2, -0.15) is 0 Å². The standard InChI is InChI=1S/C14H17NO3/c16-11-1-2-12(17)15(11)13-4-9-3-10(5-13)7-14(18,6-9)8-13/h1-2,9-10,18H,3-8H2. The molecule has 0 spiro atoms. The van der Waals surface area contributed by atoms with E-state index < -0.39 is 11.1 Å². The van der Waals surface area contributed by atoms with Gasteiger partial charge in [0.25, 0.3) is 11.8 Å². The highest BCUT2D eigenvalue weighted by Gasteiger charge is 2.61. The molecule has 4 nitrogen and oxygen atoms in total. The molecular formula is C14H17NO3. The largest absolute Gasteiger partial charge is 0.390 e. The van der Waals surface area contributed by atoms with Crippen LogP contribution in [0.1, 0.15) is 38.5 Å². The molecule has 18 heavy (non-hydrogen) atoms. The zero-order valence-electron chi connectivity index (χ0n) is 10.3. The predicted molar refractivity (Wildman–Crippen MR) is 63.4 cm³/mol. The Morgan fingerprint density at radius 1 is 1.06 bits per heavy atom. The van der Waals surface area contributed by atoms with Crippen LogP contribution in [0.4, 0.5) is 0 Å². The van der Waals surface area contributed by atoms with Crippen LogP contribution in [0, 0.1) is 11.8 Å². The van der Waals surface area contributed by atoms with Gasteiger partial charge < -0.3 is 5.11 Å². The highest BCUT2D eigenvalue weighted by molar-refractivity contribution is 6.13. The molecule has 0 saturated heterocycles. The summed E-state index contributed by atoms with van der Waals surface area (Å²) in [6.07, 6.45) is 7.98. The molecule has 0 aromatic rings. The van der Waals surface area contributed by atoms with Gasteiger partial charge in [0, 0.05) is 12.2 Å². The van der Waals surface area contributed by atoms with E-state index in [1.807, 2.05) is 0 Å². The Bertz CT molecular complexity index is 449. The molecule has 0 aromatic carbocycles. The van der Waals surface area contributed by atoms with E-state index in [0.717, 1.165) is 32.1 Å². The van der Waals surface area contributed by atoms with Crippen LogP contribution in [0.25, 0.3) is 0 Å². The molecule has 2 amide bonds. The summed E-state index contributed by atoms with van der Waals surface area (Å²) in [5, 5.41) is 10.6. The summed E-state index contributed by atoms with van der Waals surface area (Å²) >= 11 is 0. The van der Waals surface area contributed by atoms with Gasteiger partial charge in [-0.3, -0.25) is 14.5 Å². The summed E-state index contributed by atoms with van der Waals surface area (Å²) in [4.78, 5) is 25.3. The van der Waals surface area contributed by atoms with E-state index in [0.29, 0.717) is 18.3 Å². The van der Waals surface area contributed by atoms with Gasteiger partial charge >= 0.3 is 0 Å². The monoisotopic (exact) mass is 247 g/mol. The smallest absolute Gasteiger partial charge is 0.254 e. The Morgan fingerprint density at radius 2 is 1.61 bits per heavy atom. The molecule has 5 aliphatic rings. The van der Waals surface area contributed by atoms with Crippen LogP contribution in [-0.4, -0.2) is 33.0 Å². The predicted octanol–water partition coefficient (Wildman–Crippen LogP) is 0.995. The van der Waals surface area contributed by atoms with Crippen molar-refractivity contribution in [1.29, 1.82) is 0 Å². The van der Waals surface area contributed by atoms with Crippen molar-refractivity contribution < 1.29 is 14.7 Å². The first kappa shape index (κ1) is 10.7. The van der Waals surface area contributed by atoms with Crippen LogP contribution in [0.15, 0.2) is 12.2 Å².